The number of nitrogens with one attached hydrogen (secondary N) is 2. The lowest BCUT2D eigenvalue weighted by atomic mass is 9.99. The zero-order valence-corrected chi connectivity index (χ0v) is 13.9. The minimum atomic E-state index is -3.44. The molecular formula is C16H24N2O3S. The van der Waals surface area contributed by atoms with Crippen molar-refractivity contribution in [3.05, 3.63) is 35.4 Å². The van der Waals surface area contributed by atoms with Crippen LogP contribution in [-0.2, 0) is 21.2 Å². The van der Waals surface area contributed by atoms with Gasteiger partial charge in [-0.15, -0.1) is 0 Å². The maximum atomic E-state index is 12.1. The first kappa shape index (κ1) is 17.0. The molecule has 0 fully saturated rings. The molecule has 0 saturated carbocycles. The summed E-state index contributed by atoms with van der Waals surface area (Å²) in [5, 5.41) is 2.61. The molecule has 0 aliphatic heterocycles. The van der Waals surface area contributed by atoms with E-state index in [0.717, 1.165) is 12.8 Å². The van der Waals surface area contributed by atoms with E-state index in [1.54, 1.807) is 13.8 Å². The summed E-state index contributed by atoms with van der Waals surface area (Å²) in [6.07, 6.45) is 2.61. The zero-order valence-electron chi connectivity index (χ0n) is 13.1. The van der Waals surface area contributed by atoms with Gasteiger partial charge in [0.15, 0.2) is 0 Å². The highest BCUT2D eigenvalue weighted by Gasteiger charge is 2.25. The lowest BCUT2D eigenvalue weighted by Crippen LogP contribution is -2.45. The fraction of sp³-hybridized carbons (Fsp3) is 0.562. The summed E-state index contributed by atoms with van der Waals surface area (Å²) in [4.78, 5) is 11.6. The van der Waals surface area contributed by atoms with Crippen molar-refractivity contribution in [2.75, 3.05) is 12.3 Å². The van der Waals surface area contributed by atoms with Crippen LogP contribution in [0.3, 0.4) is 0 Å². The molecule has 1 aliphatic rings. The average Bonchev–Trinajstić information content (AvgIpc) is 2.88. The predicted molar refractivity (Wildman–Crippen MR) is 87.2 cm³/mol. The van der Waals surface area contributed by atoms with Gasteiger partial charge in [0.2, 0.25) is 15.9 Å². The Morgan fingerprint density at radius 1 is 1.36 bits per heavy atom. The SMILES string of the molecule is CCNC(=O)C(C)NS(=O)(=O)CCC1CCc2ccccc21. The summed E-state index contributed by atoms with van der Waals surface area (Å²) in [6.45, 7) is 3.85. The summed E-state index contributed by atoms with van der Waals surface area (Å²) in [6, 6.07) is 7.49. The van der Waals surface area contributed by atoms with Crippen molar-refractivity contribution >= 4 is 15.9 Å². The number of fused-ring (bicyclic) bond motifs is 1. The predicted octanol–water partition coefficient (Wildman–Crippen LogP) is 1.55. The molecule has 0 radical (unpaired) electrons. The van der Waals surface area contributed by atoms with Gasteiger partial charge in [0.1, 0.15) is 0 Å². The highest BCUT2D eigenvalue weighted by atomic mass is 32.2. The first-order valence-corrected chi connectivity index (χ1v) is 9.43. The van der Waals surface area contributed by atoms with E-state index < -0.39 is 16.1 Å². The molecule has 1 aromatic rings. The summed E-state index contributed by atoms with van der Waals surface area (Å²) in [7, 11) is -3.44. The third-order valence-electron chi connectivity index (χ3n) is 4.09. The zero-order chi connectivity index (χ0) is 16.2. The first-order valence-electron chi connectivity index (χ1n) is 7.78. The number of hydrogen-bond acceptors (Lipinski definition) is 3. The fourth-order valence-corrected chi connectivity index (χ4v) is 4.31. The van der Waals surface area contributed by atoms with Crippen LogP contribution < -0.4 is 10.0 Å². The fourth-order valence-electron chi connectivity index (χ4n) is 2.95. The molecule has 2 unspecified atom stereocenters. The number of aryl methyl sites for hydroxylation is 1. The molecule has 2 N–H and O–H groups in total. The van der Waals surface area contributed by atoms with Crippen LogP contribution in [-0.4, -0.2) is 32.7 Å². The molecule has 2 atom stereocenters. The van der Waals surface area contributed by atoms with Gasteiger partial charge >= 0.3 is 0 Å². The highest BCUT2D eigenvalue weighted by molar-refractivity contribution is 7.89. The minimum absolute atomic E-state index is 0.0513. The van der Waals surface area contributed by atoms with Crippen molar-refractivity contribution in [2.24, 2.45) is 0 Å². The lowest BCUT2D eigenvalue weighted by molar-refractivity contribution is -0.122. The van der Waals surface area contributed by atoms with E-state index in [0.29, 0.717) is 18.9 Å². The van der Waals surface area contributed by atoms with Crippen LogP contribution in [0.25, 0.3) is 0 Å². The Labute approximate surface area is 132 Å². The second kappa shape index (κ2) is 7.24. The van der Waals surface area contributed by atoms with Gasteiger partial charge in [-0.3, -0.25) is 4.79 Å². The van der Waals surface area contributed by atoms with Crippen LogP contribution in [0.1, 0.15) is 43.7 Å². The van der Waals surface area contributed by atoms with E-state index in [2.05, 4.69) is 22.2 Å². The smallest absolute Gasteiger partial charge is 0.237 e. The minimum Gasteiger partial charge on any atom is -0.355 e. The lowest BCUT2D eigenvalue weighted by Gasteiger charge is -2.15. The van der Waals surface area contributed by atoms with E-state index in [1.165, 1.54) is 11.1 Å². The van der Waals surface area contributed by atoms with E-state index >= 15 is 0 Å². The molecule has 0 saturated heterocycles. The van der Waals surface area contributed by atoms with Gasteiger partial charge in [-0.25, -0.2) is 13.1 Å². The third kappa shape index (κ3) is 4.30. The number of likely N-dealkylation sites (N-methyl/N-ethyl adjacent to an activating group) is 1. The van der Waals surface area contributed by atoms with E-state index in [-0.39, 0.29) is 11.7 Å². The van der Waals surface area contributed by atoms with Crippen LogP contribution >= 0.6 is 0 Å². The molecule has 122 valence electrons. The number of sulfonamides is 1. The van der Waals surface area contributed by atoms with Crippen LogP contribution in [0.2, 0.25) is 0 Å². The van der Waals surface area contributed by atoms with Gasteiger partial charge in [0.25, 0.3) is 0 Å². The molecule has 0 heterocycles. The largest absolute Gasteiger partial charge is 0.355 e. The van der Waals surface area contributed by atoms with Gasteiger partial charge < -0.3 is 5.32 Å². The number of rotatable bonds is 7. The molecule has 1 aromatic carbocycles. The molecule has 6 heteroatoms. The molecule has 5 nitrogen and oxygen atoms in total. The summed E-state index contributed by atoms with van der Waals surface area (Å²) in [5.74, 6) is 0.0558. The van der Waals surface area contributed by atoms with Crippen molar-refractivity contribution < 1.29 is 13.2 Å². The molecular weight excluding hydrogens is 300 g/mol. The van der Waals surface area contributed by atoms with Crippen molar-refractivity contribution in [1.29, 1.82) is 0 Å². The van der Waals surface area contributed by atoms with Gasteiger partial charge in [-0.2, -0.15) is 0 Å². The molecule has 0 bridgehead atoms. The molecule has 2 rings (SSSR count). The Balaban J connectivity index is 1.90. The van der Waals surface area contributed by atoms with E-state index in [9.17, 15) is 13.2 Å². The summed E-state index contributed by atoms with van der Waals surface area (Å²) in [5.41, 5.74) is 2.60. The molecule has 0 aromatic heterocycles. The Morgan fingerprint density at radius 2 is 2.09 bits per heavy atom. The molecule has 22 heavy (non-hydrogen) atoms. The summed E-state index contributed by atoms with van der Waals surface area (Å²) < 4.78 is 26.7. The number of carbonyl (C=O) groups excluding carboxylic acids is 1. The van der Waals surface area contributed by atoms with Crippen molar-refractivity contribution in [3.8, 4) is 0 Å². The van der Waals surface area contributed by atoms with Gasteiger partial charge in [0, 0.05) is 6.54 Å². The number of hydrogen-bond donors (Lipinski definition) is 2. The van der Waals surface area contributed by atoms with Gasteiger partial charge in [0.05, 0.1) is 11.8 Å². The highest BCUT2D eigenvalue weighted by Crippen LogP contribution is 2.35. The van der Waals surface area contributed by atoms with Gasteiger partial charge in [-0.1, -0.05) is 24.3 Å². The number of carbonyl (C=O) groups is 1. The quantitative estimate of drug-likeness (QED) is 0.799. The van der Waals surface area contributed by atoms with Crippen LogP contribution in [0.4, 0.5) is 0 Å². The second-order valence-electron chi connectivity index (χ2n) is 5.78. The third-order valence-corrected chi connectivity index (χ3v) is 5.58. The van der Waals surface area contributed by atoms with Crippen molar-refractivity contribution in [1.82, 2.24) is 10.0 Å². The number of amides is 1. The Morgan fingerprint density at radius 3 is 2.82 bits per heavy atom. The van der Waals surface area contributed by atoms with Crippen LogP contribution in [0, 0.1) is 0 Å². The van der Waals surface area contributed by atoms with Gasteiger partial charge in [-0.05, 0) is 50.2 Å². The topological polar surface area (TPSA) is 75.3 Å². The average molecular weight is 324 g/mol. The Kier molecular flexibility index (Phi) is 5.58. The standard InChI is InChI=1S/C16H24N2O3S/c1-3-17-16(19)12(2)18-22(20,21)11-10-14-9-8-13-6-4-5-7-15(13)14/h4-7,12,14,18H,3,8-11H2,1-2H3,(H,17,19). The van der Waals surface area contributed by atoms with Crippen molar-refractivity contribution in [2.45, 2.75) is 45.1 Å². The molecule has 1 aliphatic carbocycles. The van der Waals surface area contributed by atoms with Crippen LogP contribution in [0.15, 0.2) is 24.3 Å². The number of benzene rings is 1. The van der Waals surface area contributed by atoms with E-state index in [4.69, 9.17) is 0 Å². The molecule has 0 spiro atoms. The molecule has 1 amide bonds. The normalized spacial score (nSPS) is 18.7. The van der Waals surface area contributed by atoms with Crippen molar-refractivity contribution in [3.63, 3.8) is 0 Å². The van der Waals surface area contributed by atoms with E-state index in [1.807, 2.05) is 12.1 Å². The summed E-state index contributed by atoms with van der Waals surface area (Å²) >= 11 is 0. The monoisotopic (exact) mass is 324 g/mol. The Bertz CT molecular complexity index is 628. The Hall–Kier alpha value is -1.40. The maximum absolute atomic E-state index is 12.1. The second-order valence-corrected chi connectivity index (χ2v) is 7.65. The van der Waals surface area contributed by atoms with Crippen LogP contribution in [0.5, 0.6) is 0 Å². The first-order chi connectivity index (χ1) is 10.4. The maximum Gasteiger partial charge on any atom is 0.237 e.